The van der Waals surface area contributed by atoms with Crippen LogP contribution in [0.2, 0.25) is 0 Å². The Morgan fingerprint density at radius 3 is 2.68 bits per heavy atom. The number of carboxylic acids is 1. The third kappa shape index (κ3) is 4.63. The lowest BCUT2D eigenvalue weighted by Gasteiger charge is -2.21. The normalized spacial score (nSPS) is 14.4. The number of aromatic carboxylic acids is 1. The van der Waals surface area contributed by atoms with Crippen molar-refractivity contribution in [1.82, 2.24) is 4.90 Å². The molecule has 7 nitrogen and oxygen atoms in total. The molecule has 0 aliphatic carbocycles. The summed E-state index contributed by atoms with van der Waals surface area (Å²) in [7, 11) is 0. The molecule has 1 aromatic carbocycles. The summed E-state index contributed by atoms with van der Waals surface area (Å²) in [5.74, 6) is -2.90. The average Bonchev–Trinajstić information content (AvgIpc) is 2.55. The second-order valence-corrected chi connectivity index (χ2v) is 5.98. The number of carbonyl (C=O) groups excluding carboxylic acids is 3. The third-order valence-electron chi connectivity index (χ3n) is 3.30. The van der Waals surface area contributed by atoms with Crippen LogP contribution in [0, 0.1) is 0 Å². The van der Waals surface area contributed by atoms with Gasteiger partial charge in [0.15, 0.2) is 0 Å². The zero-order chi connectivity index (χ0) is 18.6. The van der Waals surface area contributed by atoms with Crippen LogP contribution in [-0.2, 0) is 14.4 Å². The molecule has 1 aromatic rings. The van der Waals surface area contributed by atoms with Crippen LogP contribution < -0.4 is 4.74 Å². The fourth-order valence-corrected chi connectivity index (χ4v) is 2.61. The number of rotatable bonds is 4. The van der Waals surface area contributed by atoms with E-state index in [2.05, 4.69) is 15.9 Å². The standard InChI is InChI=1S/C17H14BrNO6/c1-10(20)25-14-6-4-11(9-12(14)17(23)24)5-7-15(21)19-8-2-3-13(18)16(19)22/h3-7,9H,2,8H2,1H3,(H,23,24). The lowest BCUT2D eigenvalue weighted by Crippen LogP contribution is -2.38. The number of hydrogen-bond acceptors (Lipinski definition) is 5. The second-order valence-electron chi connectivity index (χ2n) is 5.12. The number of nitrogens with zero attached hydrogens (tertiary/aromatic N) is 1. The van der Waals surface area contributed by atoms with E-state index in [0.29, 0.717) is 16.5 Å². The Morgan fingerprint density at radius 2 is 2.04 bits per heavy atom. The van der Waals surface area contributed by atoms with Crippen LogP contribution in [0.1, 0.15) is 29.3 Å². The van der Waals surface area contributed by atoms with Gasteiger partial charge in [-0.1, -0.05) is 12.1 Å². The summed E-state index contributed by atoms with van der Waals surface area (Å²) in [6.45, 7) is 1.45. The van der Waals surface area contributed by atoms with Gasteiger partial charge < -0.3 is 9.84 Å². The summed E-state index contributed by atoms with van der Waals surface area (Å²) in [4.78, 5) is 47.4. The summed E-state index contributed by atoms with van der Waals surface area (Å²) in [5.41, 5.74) is 0.213. The van der Waals surface area contributed by atoms with Crippen LogP contribution in [-0.4, -0.2) is 40.3 Å². The molecule has 0 radical (unpaired) electrons. The maximum Gasteiger partial charge on any atom is 0.339 e. The number of carboxylic acid groups (broad SMARTS) is 1. The van der Waals surface area contributed by atoms with Crippen molar-refractivity contribution < 1.29 is 29.0 Å². The van der Waals surface area contributed by atoms with E-state index in [1.807, 2.05) is 0 Å². The maximum absolute atomic E-state index is 12.1. The smallest absolute Gasteiger partial charge is 0.339 e. The molecule has 1 heterocycles. The van der Waals surface area contributed by atoms with Crippen LogP contribution >= 0.6 is 15.9 Å². The van der Waals surface area contributed by atoms with Crippen molar-refractivity contribution in [2.75, 3.05) is 6.54 Å². The Bertz CT molecular complexity index is 811. The summed E-state index contributed by atoms with van der Waals surface area (Å²) in [6, 6.07) is 4.11. The lowest BCUT2D eigenvalue weighted by atomic mass is 10.1. The van der Waals surface area contributed by atoms with Crippen molar-refractivity contribution in [2.24, 2.45) is 0 Å². The first-order valence-electron chi connectivity index (χ1n) is 7.25. The Balaban J connectivity index is 2.20. The van der Waals surface area contributed by atoms with Gasteiger partial charge in [0.2, 0.25) is 0 Å². The molecule has 0 atom stereocenters. The Labute approximate surface area is 151 Å². The molecule has 0 spiro atoms. The highest BCUT2D eigenvalue weighted by molar-refractivity contribution is 9.12. The van der Waals surface area contributed by atoms with E-state index >= 15 is 0 Å². The number of imide groups is 1. The van der Waals surface area contributed by atoms with E-state index in [1.54, 1.807) is 6.08 Å². The minimum atomic E-state index is -1.27. The van der Waals surface area contributed by atoms with Gasteiger partial charge in [-0.15, -0.1) is 0 Å². The minimum Gasteiger partial charge on any atom is -0.478 e. The van der Waals surface area contributed by atoms with E-state index in [-0.39, 0.29) is 17.9 Å². The van der Waals surface area contributed by atoms with E-state index in [9.17, 15) is 24.3 Å². The second kappa shape index (κ2) is 7.89. The molecule has 130 valence electrons. The largest absolute Gasteiger partial charge is 0.478 e. The topological polar surface area (TPSA) is 101 Å². The van der Waals surface area contributed by atoms with Crippen LogP contribution in [0.3, 0.4) is 0 Å². The van der Waals surface area contributed by atoms with Gasteiger partial charge >= 0.3 is 11.9 Å². The fourth-order valence-electron chi connectivity index (χ4n) is 2.17. The monoisotopic (exact) mass is 407 g/mol. The molecule has 1 N–H and O–H groups in total. The number of benzene rings is 1. The molecule has 0 fully saturated rings. The summed E-state index contributed by atoms with van der Waals surface area (Å²) >= 11 is 3.10. The van der Waals surface area contributed by atoms with Gasteiger partial charge in [0.25, 0.3) is 11.8 Å². The molecule has 0 saturated heterocycles. The maximum atomic E-state index is 12.1. The molecule has 0 bridgehead atoms. The van der Waals surface area contributed by atoms with E-state index in [4.69, 9.17) is 4.74 Å². The molecule has 8 heteroatoms. The molecule has 0 unspecified atom stereocenters. The third-order valence-corrected chi connectivity index (χ3v) is 3.96. The molecular formula is C17H14BrNO6. The van der Waals surface area contributed by atoms with Gasteiger partial charge in [-0.3, -0.25) is 19.3 Å². The van der Waals surface area contributed by atoms with Crippen LogP contribution in [0.15, 0.2) is 34.8 Å². The first kappa shape index (κ1) is 18.6. The zero-order valence-electron chi connectivity index (χ0n) is 13.2. The number of carbonyl (C=O) groups is 4. The molecule has 2 amide bonds. The van der Waals surface area contributed by atoms with Crippen molar-refractivity contribution >= 4 is 45.8 Å². The number of hydrogen-bond donors (Lipinski definition) is 1. The van der Waals surface area contributed by atoms with Gasteiger partial charge in [-0.25, -0.2) is 4.79 Å². The van der Waals surface area contributed by atoms with Crippen molar-refractivity contribution in [1.29, 1.82) is 0 Å². The van der Waals surface area contributed by atoms with Crippen LogP contribution in [0.4, 0.5) is 0 Å². The summed E-state index contributed by atoms with van der Waals surface area (Å²) < 4.78 is 5.17. The van der Waals surface area contributed by atoms with Crippen molar-refractivity contribution in [3.8, 4) is 5.75 Å². The molecule has 0 aromatic heterocycles. The van der Waals surface area contributed by atoms with E-state index in [0.717, 1.165) is 4.90 Å². The number of esters is 1. The molecule has 25 heavy (non-hydrogen) atoms. The molecule has 0 saturated carbocycles. The molecule has 1 aliphatic rings. The highest BCUT2D eigenvalue weighted by Gasteiger charge is 2.24. The van der Waals surface area contributed by atoms with Crippen LogP contribution in [0.5, 0.6) is 5.75 Å². The number of halogens is 1. The summed E-state index contributed by atoms with van der Waals surface area (Å²) in [5, 5.41) is 9.20. The highest BCUT2D eigenvalue weighted by Crippen LogP contribution is 2.22. The predicted octanol–water partition coefficient (Wildman–Crippen LogP) is 2.36. The first-order valence-corrected chi connectivity index (χ1v) is 8.04. The molecular weight excluding hydrogens is 394 g/mol. The van der Waals surface area contributed by atoms with E-state index < -0.39 is 23.8 Å². The van der Waals surface area contributed by atoms with E-state index in [1.165, 1.54) is 37.3 Å². The van der Waals surface area contributed by atoms with Crippen molar-refractivity contribution in [2.45, 2.75) is 13.3 Å². The zero-order valence-corrected chi connectivity index (χ0v) is 14.8. The van der Waals surface area contributed by atoms with Crippen molar-refractivity contribution in [3.63, 3.8) is 0 Å². The minimum absolute atomic E-state index is 0.0799. The average molecular weight is 408 g/mol. The molecule has 1 aliphatic heterocycles. The van der Waals surface area contributed by atoms with Gasteiger partial charge in [-0.05, 0) is 46.1 Å². The Morgan fingerprint density at radius 1 is 1.32 bits per heavy atom. The molecule has 2 rings (SSSR count). The Kier molecular flexibility index (Phi) is 5.87. The highest BCUT2D eigenvalue weighted by atomic mass is 79.9. The van der Waals surface area contributed by atoms with Gasteiger partial charge in [-0.2, -0.15) is 0 Å². The van der Waals surface area contributed by atoms with Crippen molar-refractivity contribution in [3.05, 3.63) is 46.0 Å². The number of amides is 2. The Hall–Kier alpha value is -2.74. The van der Waals surface area contributed by atoms with Gasteiger partial charge in [0.1, 0.15) is 11.3 Å². The number of ether oxygens (including phenoxy) is 1. The van der Waals surface area contributed by atoms with Crippen LogP contribution in [0.25, 0.3) is 6.08 Å². The quantitative estimate of drug-likeness (QED) is 0.467. The first-order chi connectivity index (χ1) is 11.8. The van der Waals surface area contributed by atoms with Gasteiger partial charge in [0, 0.05) is 19.5 Å². The summed E-state index contributed by atoms with van der Waals surface area (Å²) in [6.07, 6.45) is 4.84. The SMILES string of the molecule is CC(=O)Oc1ccc(C=CC(=O)N2CCC=C(Br)C2=O)cc1C(=O)O. The predicted molar refractivity (Wildman–Crippen MR) is 92.1 cm³/mol. The fraction of sp³-hybridized carbons (Fsp3) is 0.176. The van der Waals surface area contributed by atoms with Gasteiger partial charge in [0.05, 0.1) is 4.48 Å². The lowest BCUT2D eigenvalue weighted by molar-refractivity contribution is -0.139.